The van der Waals surface area contributed by atoms with Gasteiger partial charge in [-0.15, -0.1) is 0 Å². The van der Waals surface area contributed by atoms with Crippen molar-refractivity contribution in [2.24, 2.45) is 0 Å². The molecule has 0 N–H and O–H groups in total. The van der Waals surface area contributed by atoms with E-state index in [0.29, 0.717) is 18.8 Å². The Morgan fingerprint density at radius 2 is 1.54 bits per heavy atom. The van der Waals surface area contributed by atoms with Crippen LogP contribution in [0.15, 0.2) is 78.9 Å². The Hall–Kier alpha value is -2.43. The number of likely N-dealkylation sites (tertiary alicyclic amines) is 1. The van der Waals surface area contributed by atoms with Crippen LogP contribution < -0.4 is 0 Å². The van der Waals surface area contributed by atoms with Crippen LogP contribution in [0.2, 0.25) is 0 Å². The van der Waals surface area contributed by atoms with Gasteiger partial charge in [0.15, 0.2) is 0 Å². The van der Waals surface area contributed by atoms with Crippen LogP contribution in [0.3, 0.4) is 0 Å². The predicted octanol–water partition coefficient (Wildman–Crippen LogP) is 6.65. The number of carbonyl (C=O) groups excluding carboxylic acids is 1. The normalized spacial score (nSPS) is 22.1. The van der Waals surface area contributed by atoms with Gasteiger partial charge in [-0.2, -0.15) is 13.2 Å². The number of nitrogens with zero attached hydrogens (tertiary/aromatic N) is 1. The Bertz CT molecular complexity index is 1280. The minimum absolute atomic E-state index is 0.229. The second-order valence-electron chi connectivity index (χ2n) is 10.3. The van der Waals surface area contributed by atoms with Crippen LogP contribution in [0.1, 0.15) is 41.0 Å². The van der Waals surface area contributed by atoms with Gasteiger partial charge in [0.1, 0.15) is 6.10 Å². The molecule has 1 fully saturated rings. The molecule has 1 aliphatic heterocycles. The number of piperidine rings is 1. The van der Waals surface area contributed by atoms with Crippen molar-refractivity contribution in [3.63, 3.8) is 0 Å². The SMILES string of the molecule is CO[C@@](C(=O)O[C@H]1Cc2cccc(I)c2C[C@@H]1N1CCC(c2ccccc2)CC1)(c1ccccc1)C(F)(F)F. The number of hydrogen-bond donors (Lipinski definition) is 0. The number of carbonyl (C=O) groups is 1. The van der Waals surface area contributed by atoms with Gasteiger partial charge in [-0.1, -0.05) is 72.8 Å². The molecule has 0 saturated carbocycles. The third kappa shape index (κ3) is 5.47. The van der Waals surface area contributed by atoms with Crippen molar-refractivity contribution in [3.8, 4) is 0 Å². The average molecular weight is 649 g/mol. The highest BCUT2D eigenvalue weighted by molar-refractivity contribution is 14.1. The molecule has 0 amide bonds. The lowest BCUT2D eigenvalue weighted by atomic mass is 9.82. The molecule has 3 aromatic rings. The Morgan fingerprint density at radius 1 is 0.897 bits per heavy atom. The Labute approximate surface area is 240 Å². The molecule has 0 bridgehead atoms. The molecule has 0 aromatic heterocycles. The molecule has 4 nitrogen and oxygen atoms in total. The first-order valence-electron chi connectivity index (χ1n) is 13.2. The van der Waals surface area contributed by atoms with Gasteiger partial charge in [-0.3, -0.25) is 4.90 Å². The topological polar surface area (TPSA) is 38.8 Å². The fraction of sp³-hybridized carbons (Fsp3) is 0.387. The van der Waals surface area contributed by atoms with Crippen LogP contribution in [-0.2, 0) is 32.7 Å². The first-order chi connectivity index (χ1) is 18.7. The van der Waals surface area contributed by atoms with Gasteiger partial charge in [0, 0.05) is 22.7 Å². The Balaban J connectivity index is 1.44. The average Bonchev–Trinajstić information content (AvgIpc) is 2.94. The molecule has 1 heterocycles. The van der Waals surface area contributed by atoms with Gasteiger partial charge >= 0.3 is 12.1 Å². The highest BCUT2D eigenvalue weighted by Gasteiger charge is 2.64. The van der Waals surface area contributed by atoms with Gasteiger partial charge < -0.3 is 9.47 Å². The molecule has 8 heteroatoms. The Kier molecular flexibility index (Phi) is 8.35. The monoisotopic (exact) mass is 649 g/mol. The smallest absolute Gasteiger partial charge is 0.432 e. The lowest BCUT2D eigenvalue weighted by molar-refractivity contribution is -0.279. The third-order valence-corrected chi connectivity index (χ3v) is 9.19. The number of fused-ring (bicyclic) bond motifs is 1. The lowest BCUT2D eigenvalue weighted by Gasteiger charge is -2.44. The number of ether oxygens (including phenoxy) is 2. The highest BCUT2D eigenvalue weighted by Crippen LogP contribution is 2.44. The second kappa shape index (κ2) is 11.6. The summed E-state index contributed by atoms with van der Waals surface area (Å²) in [5.74, 6) is -0.990. The van der Waals surface area contributed by atoms with Crippen molar-refractivity contribution in [1.82, 2.24) is 4.90 Å². The Morgan fingerprint density at radius 3 is 2.15 bits per heavy atom. The number of methoxy groups -OCH3 is 1. The summed E-state index contributed by atoms with van der Waals surface area (Å²) in [6.45, 7) is 1.56. The number of esters is 1. The van der Waals surface area contributed by atoms with E-state index < -0.39 is 23.9 Å². The summed E-state index contributed by atoms with van der Waals surface area (Å²) in [6, 6.07) is 23.1. The maximum Gasteiger partial charge on any atom is 0.432 e. The molecule has 3 aromatic carbocycles. The number of halogens is 4. The summed E-state index contributed by atoms with van der Waals surface area (Å²) in [6.07, 6.45) is -2.90. The summed E-state index contributed by atoms with van der Waals surface area (Å²) in [5.41, 5.74) is -0.00952. The molecule has 39 heavy (non-hydrogen) atoms. The van der Waals surface area contributed by atoms with Crippen LogP contribution in [0.4, 0.5) is 13.2 Å². The number of benzene rings is 3. The van der Waals surface area contributed by atoms with Crippen LogP contribution in [-0.4, -0.2) is 49.4 Å². The van der Waals surface area contributed by atoms with Crippen molar-refractivity contribution in [1.29, 1.82) is 0 Å². The van der Waals surface area contributed by atoms with Gasteiger partial charge in [-0.05, 0) is 83.6 Å². The summed E-state index contributed by atoms with van der Waals surface area (Å²) < 4.78 is 55.7. The summed E-state index contributed by atoms with van der Waals surface area (Å²) >= 11 is 2.31. The summed E-state index contributed by atoms with van der Waals surface area (Å²) in [4.78, 5) is 15.9. The molecule has 1 aliphatic carbocycles. The number of rotatable bonds is 6. The molecule has 0 spiro atoms. The van der Waals surface area contributed by atoms with E-state index in [1.165, 1.54) is 35.4 Å². The molecule has 2 aliphatic rings. The molecule has 3 atom stereocenters. The van der Waals surface area contributed by atoms with E-state index in [9.17, 15) is 18.0 Å². The van der Waals surface area contributed by atoms with Crippen LogP contribution in [0, 0.1) is 3.57 Å². The minimum atomic E-state index is -5.01. The largest absolute Gasteiger partial charge is 0.458 e. The van der Waals surface area contributed by atoms with E-state index in [4.69, 9.17) is 9.47 Å². The standard InChI is InChI=1S/C31H31F3INO3/c1-38-30(31(32,33)34,24-12-6-3-7-13-24)29(37)39-28-19-23-11-8-14-26(35)25(23)20-27(28)36-17-15-22(16-18-36)21-9-4-2-5-10-21/h2-14,22,27-28H,15-20H2,1H3/t27-,28-,30+/m0/s1. The molecule has 0 unspecified atom stereocenters. The van der Waals surface area contributed by atoms with Crippen molar-refractivity contribution in [2.45, 2.75) is 55.5 Å². The molecular formula is C31H31F3INO3. The van der Waals surface area contributed by atoms with Crippen molar-refractivity contribution in [3.05, 3.63) is 105 Å². The quantitative estimate of drug-likeness (QED) is 0.222. The highest BCUT2D eigenvalue weighted by atomic mass is 127. The molecular weight excluding hydrogens is 618 g/mol. The van der Waals surface area contributed by atoms with Crippen LogP contribution >= 0.6 is 22.6 Å². The van der Waals surface area contributed by atoms with E-state index in [1.807, 2.05) is 36.4 Å². The summed E-state index contributed by atoms with van der Waals surface area (Å²) in [7, 11) is 0.909. The minimum Gasteiger partial charge on any atom is -0.458 e. The third-order valence-electron chi connectivity index (χ3n) is 8.18. The van der Waals surface area contributed by atoms with Crippen molar-refractivity contribution in [2.75, 3.05) is 20.2 Å². The fourth-order valence-electron chi connectivity index (χ4n) is 6.10. The van der Waals surface area contributed by atoms with Gasteiger partial charge in [0.05, 0.1) is 6.04 Å². The zero-order valence-electron chi connectivity index (χ0n) is 21.7. The zero-order valence-corrected chi connectivity index (χ0v) is 23.8. The predicted molar refractivity (Wildman–Crippen MR) is 151 cm³/mol. The first-order valence-corrected chi connectivity index (χ1v) is 14.3. The number of hydrogen-bond acceptors (Lipinski definition) is 4. The van der Waals surface area contributed by atoms with E-state index in [1.54, 1.807) is 6.07 Å². The maximum absolute atomic E-state index is 14.6. The molecule has 206 valence electrons. The van der Waals surface area contributed by atoms with Crippen molar-refractivity contribution < 1.29 is 27.4 Å². The zero-order chi connectivity index (χ0) is 27.6. The lowest BCUT2D eigenvalue weighted by Crippen LogP contribution is -2.57. The second-order valence-corrected chi connectivity index (χ2v) is 11.4. The van der Waals surface area contributed by atoms with E-state index >= 15 is 0 Å². The molecule has 1 saturated heterocycles. The number of alkyl halides is 3. The fourth-order valence-corrected chi connectivity index (χ4v) is 6.87. The maximum atomic E-state index is 14.6. The van der Waals surface area contributed by atoms with Crippen molar-refractivity contribution >= 4 is 28.6 Å². The van der Waals surface area contributed by atoms with Gasteiger partial charge in [-0.25, -0.2) is 4.79 Å². The van der Waals surface area contributed by atoms with E-state index in [2.05, 4.69) is 39.6 Å². The van der Waals surface area contributed by atoms with E-state index in [-0.39, 0.29) is 11.6 Å². The molecule has 0 radical (unpaired) electrons. The van der Waals surface area contributed by atoms with Crippen LogP contribution in [0.5, 0.6) is 0 Å². The van der Waals surface area contributed by atoms with Gasteiger partial charge in [0.25, 0.3) is 5.60 Å². The van der Waals surface area contributed by atoms with E-state index in [0.717, 1.165) is 42.2 Å². The van der Waals surface area contributed by atoms with Gasteiger partial charge in [0.2, 0.25) is 0 Å². The van der Waals surface area contributed by atoms with Crippen LogP contribution in [0.25, 0.3) is 0 Å². The molecule has 5 rings (SSSR count). The summed E-state index contributed by atoms with van der Waals surface area (Å²) in [5, 5.41) is 0. The first kappa shape index (κ1) is 28.1.